The van der Waals surface area contributed by atoms with E-state index >= 15 is 0 Å². The zero-order chi connectivity index (χ0) is 57.0. The third kappa shape index (κ3) is 7.32. The van der Waals surface area contributed by atoms with Crippen molar-refractivity contribution in [2.24, 2.45) is 0 Å². The highest BCUT2D eigenvalue weighted by atomic mass is 14.9. The Labute approximate surface area is 492 Å². The summed E-state index contributed by atoms with van der Waals surface area (Å²) >= 11 is 0. The topological polar surface area (TPSA) is 51.6 Å². The summed E-state index contributed by atoms with van der Waals surface area (Å²) in [5, 5.41) is 0. The van der Waals surface area contributed by atoms with E-state index in [9.17, 15) is 0 Å². The molecule has 16 rings (SSSR count). The molecule has 0 aliphatic heterocycles. The Hall–Kier alpha value is -9.64. The first-order chi connectivity index (χ1) is 40.6. The molecule has 4 nitrogen and oxygen atoms in total. The van der Waals surface area contributed by atoms with E-state index in [0.717, 1.165) is 22.8 Å². The minimum absolute atomic E-state index is 0.109. The van der Waals surface area contributed by atoms with E-state index in [4.69, 9.17) is 19.9 Å². The van der Waals surface area contributed by atoms with Crippen LogP contribution in [0.3, 0.4) is 0 Å². The van der Waals surface area contributed by atoms with E-state index in [2.05, 4.69) is 250 Å². The molecule has 402 valence electrons. The Balaban J connectivity index is 0.743. The number of nitrogens with zero attached hydrogens (tertiary/aromatic N) is 4. The molecule has 10 aromatic carbocycles. The highest BCUT2D eigenvalue weighted by molar-refractivity contribution is 5.95. The van der Waals surface area contributed by atoms with Crippen molar-refractivity contribution in [2.45, 2.75) is 77.0 Å². The Morgan fingerprint density at radius 2 is 0.429 bits per heavy atom. The summed E-state index contributed by atoms with van der Waals surface area (Å²) in [6, 6.07) is 77.8. The summed E-state index contributed by atoms with van der Waals surface area (Å²) in [5.41, 5.74) is 34.6. The maximum Gasteiger partial charge on any atom is 0.159 e. The number of aromatic nitrogens is 4. The summed E-state index contributed by atoms with van der Waals surface area (Å²) in [6.07, 6.45) is 7.30. The maximum atomic E-state index is 4.69. The van der Waals surface area contributed by atoms with Crippen LogP contribution >= 0.6 is 0 Å². The van der Waals surface area contributed by atoms with Gasteiger partial charge < -0.3 is 0 Å². The van der Waals surface area contributed by atoms with Crippen LogP contribution in [0.2, 0.25) is 0 Å². The fraction of sp³-hybridized carbons (Fsp3) is 0.150. The monoisotopic (exact) mass is 1080 g/mol. The van der Waals surface area contributed by atoms with Gasteiger partial charge in [-0.25, -0.2) is 19.9 Å². The van der Waals surface area contributed by atoms with Crippen molar-refractivity contribution in [2.75, 3.05) is 0 Å². The lowest BCUT2D eigenvalue weighted by Gasteiger charge is -2.24. The Bertz CT molecular complexity index is 4470. The number of hydrogen-bond acceptors (Lipinski definition) is 4. The minimum Gasteiger partial charge on any atom is -0.237 e. The molecule has 0 saturated heterocycles. The van der Waals surface area contributed by atoms with Crippen LogP contribution in [0.15, 0.2) is 231 Å². The molecule has 2 heterocycles. The van der Waals surface area contributed by atoms with E-state index in [0.29, 0.717) is 0 Å². The van der Waals surface area contributed by atoms with Crippen LogP contribution in [-0.4, -0.2) is 19.9 Å². The highest BCUT2D eigenvalue weighted by Crippen LogP contribution is 2.56. The number of benzene rings is 10. The summed E-state index contributed by atoms with van der Waals surface area (Å²) in [5.74, 6) is 1.44. The first-order valence-corrected chi connectivity index (χ1v) is 29.6. The molecular weight excluding hydrogens is 1020 g/mol. The number of hydrogen-bond donors (Lipinski definition) is 0. The van der Waals surface area contributed by atoms with Gasteiger partial charge in [-0.05, 0) is 205 Å². The van der Waals surface area contributed by atoms with E-state index in [1.807, 2.05) is 36.9 Å². The molecule has 0 fully saturated rings. The van der Waals surface area contributed by atoms with E-state index < -0.39 is 0 Å². The zero-order valence-electron chi connectivity index (χ0n) is 48.7. The van der Waals surface area contributed by atoms with Crippen molar-refractivity contribution in [1.82, 2.24) is 19.9 Å². The first-order valence-electron chi connectivity index (χ1n) is 29.6. The second kappa shape index (κ2) is 17.9. The van der Waals surface area contributed by atoms with Crippen molar-refractivity contribution in [1.29, 1.82) is 0 Å². The Morgan fingerprint density at radius 3 is 0.762 bits per heavy atom. The highest BCUT2D eigenvalue weighted by Gasteiger charge is 2.40. The second-order valence-corrected chi connectivity index (χ2v) is 25.8. The molecule has 0 atom stereocenters. The van der Waals surface area contributed by atoms with Crippen molar-refractivity contribution in [3.63, 3.8) is 0 Å². The van der Waals surface area contributed by atoms with Crippen LogP contribution in [0.4, 0.5) is 0 Å². The average molecular weight is 1080 g/mol. The van der Waals surface area contributed by atoms with Gasteiger partial charge in [0.1, 0.15) is 0 Å². The van der Waals surface area contributed by atoms with Crippen molar-refractivity contribution in [3.05, 3.63) is 276 Å². The third-order valence-corrected chi connectivity index (χ3v) is 19.8. The maximum absolute atomic E-state index is 4.69. The molecule has 12 aromatic rings. The molecule has 0 saturated carbocycles. The van der Waals surface area contributed by atoms with Gasteiger partial charge in [-0.15, -0.1) is 0 Å². The lowest BCUT2D eigenvalue weighted by atomic mass is 9.79. The Kier molecular flexibility index (Phi) is 10.7. The molecule has 0 amide bonds. The van der Waals surface area contributed by atoms with Crippen molar-refractivity contribution in [3.8, 4) is 123 Å². The van der Waals surface area contributed by atoms with Crippen molar-refractivity contribution < 1.29 is 0 Å². The van der Waals surface area contributed by atoms with E-state index in [-0.39, 0.29) is 21.7 Å². The van der Waals surface area contributed by atoms with Gasteiger partial charge in [-0.2, -0.15) is 0 Å². The lowest BCUT2D eigenvalue weighted by molar-refractivity contribution is 0.660. The van der Waals surface area contributed by atoms with E-state index in [1.54, 1.807) is 0 Å². The third-order valence-electron chi connectivity index (χ3n) is 19.8. The zero-order valence-corrected chi connectivity index (χ0v) is 48.7. The van der Waals surface area contributed by atoms with Gasteiger partial charge in [0.15, 0.2) is 11.6 Å². The molecule has 2 aromatic heterocycles. The molecule has 0 bridgehead atoms. The van der Waals surface area contributed by atoms with Crippen LogP contribution in [0, 0.1) is 0 Å². The van der Waals surface area contributed by atoms with Gasteiger partial charge in [0, 0.05) is 57.6 Å². The van der Waals surface area contributed by atoms with Crippen molar-refractivity contribution >= 4 is 0 Å². The van der Waals surface area contributed by atoms with E-state index in [1.165, 1.54) is 145 Å². The molecule has 0 N–H and O–H groups in total. The SMILES string of the molecule is CC1(C)c2ccccc2-c2ccc(-c3ccc(-c4ncccn4)cc3-c3ccc4c(c3)C(C)(C)c3cc(-c5ccc6c(c5)C(C)(C)c5cc(-c7cc(-c8ncccn8)ccc7-c7ccc8c(c7)C(C)(C)c7ccccc7-8)ccc5-6)ccc3-4)cc21. The van der Waals surface area contributed by atoms with Gasteiger partial charge in [0.25, 0.3) is 0 Å². The van der Waals surface area contributed by atoms with Crippen LogP contribution in [0.25, 0.3) is 123 Å². The molecule has 4 aliphatic carbocycles. The average Bonchev–Trinajstić information content (AvgIpc) is 2.07. The molecule has 0 spiro atoms. The fourth-order valence-electron chi connectivity index (χ4n) is 15.2. The summed E-state index contributed by atoms with van der Waals surface area (Å²) in [6.45, 7) is 19.0. The smallest absolute Gasteiger partial charge is 0.159 e. The number of rotatable bonds is 7. The lowest BCUT2D eigenvalue weighted by Crippen LogP contribution is -2.15. The molecule has 0 radical (unpaired) electrons. The van der Waals surface area contributed by atoms with Gasteiger partial charge in [-0.1, -0.05) is 201 Å². The largest absolute Gasteiger partial charge is 0.237 e. The number of fused-ring (bicyclic) bond motifs is 12. The summed E-state index contributed by atoms with van der Waals surface area (Å²) in [4.78, 5) is 18.8. The van der Waals surface area contributed by atoms with Gasteiger partial charge in [0.05, 0.1) is 0 Å². The van der Waals surface area contributed by atoms with Crippen LogP contribution in [-0.2, 0) is 21.7 Å². The summed E-state index contributed by atoms with van der Waals surface area (Å²) in [7, 11) is 0. The van der Waals surface area contributed by atoms with Crippen LogP contribution in [0.1, 0.15) is 99.9 Å². The van der Waals surface area contributed by atoms with Gasteiger partial charge in [-0.3, -0.25) is 0 Å². The molecule has 0 unspecified atom stereocenters. The quantitative estimate of drug-likeness (QED) is 0.160. The van der Waals surface area contributed by atoms with Gasteiger partial charge >= 0.3 is 0 Å². The Morgan fingerprint density at radius 1 is 0.190 bits per heavy atom. The molecule has 84 heavy (non-hydrogen) atoms. The fourth-order valence-corrected chi connectivity index (χ4v) is 15.2. The molecule has 4 aliphatic rings. The van der Waals surface area contributed by atoms with Crippen LogP contribution in [0.5, 0.6) is 0 Å². The van der Waals surface area contributed by atoms with Gasteiger partial charge in [0.2, 0.25) is 0 Å². The molecular formula is C80H62N4. The predicted octanol–water partition coefficient (Wildman–Crippen LogP) is 20.2. The minimum atomic E-state index is -0.257. The summed E-state index contributed by atoms with van der Waals surface area (Å²) < 4.78 is 0. The van der Waals surface area contributed by atoms with Crippen LogP contribution < -0.4 is 0 Å². The predicted molar refractivity (Wildman–Crippen MR) is 346 cm³/mol. The normalized spacial score (nSPS) is 15.3. The first kappa shape index (κ1) is 50.1. The molecule has 4 heteroatoms. The standard InChI is InChI=1S/C80H62N4/c1-77(2)67-17-11-9-15-57(67)59-31-21-49(43-71(59)77)55-27-25-53(75-81-35-13-36-82-75)39-65(55)51-23-33-63-61-29-19-47(41-69(61)79(5,6)73(63)45-51)48-20-30-62-64-34-24-52(46-74(64)80(7,8)70(62)42-48)66-40-54(76-83-37-14-38-84-76)26-28-56(66)50-22-32-60-58-16-10-12-18-68(58)78(3,4)72(60)44-50/h9-46H,1-8H3. The second-order valence-electron chi connectivity index (χ2n) is 25.8.